The molecule has 1 aliphatic heterocycles. The fourth-order valence-electron chi connectivity index (χ4n) is 4.11. The van der Waals surface area contributed by atoms with Gasteiger partial charge < -0.3 is 10.2 Å². The van der Waals surface area contributed by atoms with Crippen LogP contribution in [0.3, 0.4) is 0 Å². The molecule has 0 unspecified atom stereocenters. The third kappa shape index (κ3) is 5.65. The first-order valence-electron chi connectivity index (χ1n) is 11.3. The summed E-state index contributed by atoms with van der Waals surface area (Å²) in [4.78, 5) is 26.3. The van der Waals surface area contributed by atoms with Gasteiger partial charge in [0.25, 0.3) is 0 Å². The summed E-state index contributed by atoms with van der Waals surface area (Å²) in [5.41, 5.74) is 4.44. The van der Waals surface area contributed by atoms with Crippen molar-refractivity contribution in [2.24, 2.45) is 0 Å². The van der Waals surface area contributed by atoms with E-state index in [1.54, 1.807) is 23.1 Å². The van der Waals surface area contributed by atoms with E-state index in [1.165, 1.54) is 17.7 Å². The molecule has 1 atom stereocenters. The van der Waals surface area contributed by atoms with Crippen LogP contribution in [-0.4, -0.2) is 24.9 Å². The van der Waals surface area contributed by atoms with Gasteiger partial charge >= 0.3 is 0 Å². The number of aryl methyl sites for hydroxylation is 1. The number of rotatable bonds is 8. The van der Waals surface area contributed by atoms with Crippen molar-refractivity contribution in [1.82, 2.24) is 5.32 Å². The van der Waals surface area contributed by atoms with Crippen molar-refractivity contribution in [3.63, 3.8) is 0 Å². The lowest BCUT2D eigenvalue weighted by atomic mass is 9.97. The second-order valence-corrected chi connectivity index (χ2v) is 8.21. The zero-order chi connectivity index (χ0) is 23.2. The van der Waals surface area contributed by atoms with E-state index >= 15 is 0 Å². The zero-order valence-electron chi connectivity index (χ0n) is 18.7. The van der Waals surface area contributed by atoms with Crippen LogP contribution in [0.25, 0.3) is 0 Å². The molecule has 0 aliphatic carbocycles. The molecule has 6 heteroatoms. The first kappa shape index (κ1) is 22.7. The van der Waals surface area contributed by atoms with Crippen LogP contribution in [0.1, 0.15) is 42.5 Å². The Kier molecular flexibility index (Phi) is 7.15. The van der Waals surface area contributed by atoms with Gasteiger partial charge in [0.2, 0.25) is 11.8 Å². The lowest BCUT2D eigenvalue weighted by Crippen LogP contribution is -2.32. The third-order valence-corrected chi connectivity index (χ3v) is 5.91. The summed E-state index contributed by atoms with van der Waals surface area (Å²) < 4.78 is 13.9. The standard InChI is InChI=1S/C27H28FN3O2/c1-2-19-8-10-20(11-9-19)27(21-5-3-6-22(28)17-21)29-18-25(32)30-23-12-14-24(15-13-23)31-16-4-7-26(31)33/h3,5-6,8-15,17,27,29H,2,4,7,16,18H2,1H3,(H,30,32)/t27-/m1/s1. The van der Waals surface area contributed by atoms with Crippen LogP contribution in [0, 0.1) is 5.82 Å². The van der Waals surface area contributed by atoms with Gasteiger partial charge in [-0.3, -0.25) is 14.9 Å². The van der Waals surface area contributed by atoms with Crippen LogP contribution in [0.5, 0.6) is 0 Å². The van der Waals surface area contributed by atoms with Gasteiger partial charge in [-0.2, -0.15) is 0 Å². The molecule has 2 amide bonds. The quantitative estimate of drug-likeness (QED) is 0.522. The lowest BCUT2D eigenvalue weighted by Gasteiger charge is -2.20. The number of nitrogens with zero attached hydrogens (tertiary/aromatic N) is 1. The maximum atomic E-state index is 13.9. The number of carbonyl (C=O) groups excluding carboxylic acids is 2. The van der Waals surface area contributed by atoms with Crippen molar-refractivity contribution in [3.05, 3.63) is 95.3 Å². The maximum Gasteiger partial charge on any atom is 0.238 e. The number of hydrogen-bond donors (Lipinski definition) is 2. The monoisotopic (exact) mass is 445 g/mol. The van der Waals surface area contributed by atoms with E-state index in [0.717, 1.165) is 36.2 Å². The topological polar surface area (TPSA) is 61.4 Å². The van der Waals surface area contributed by atoms with E-state index in [2.05, 4.69) is 29.7 Å². The summed E-state index contributed by atoms with van der Waals surface area (Å²) in [5.74, 6) is -0.386. The van der Waals surface area contributed by atoms with Crippen molar-refractivity contribution < 1.29 is 14.0 Å². The molecular weight excluding hydrogens is 417 g/mol. The van der Waals surface area contributed by atoms with E-state index in [4.69, 9.17) is 0 Å². The van der Waals surface area contributed by atoms with Crippen LogP contribution in [0.2, 0.25) is 0 Å². The Labute approximate surface area is 193 Å². The number of amides is 2. The maximum absolute atomic E-state index is 13.9. The van der Waals surface area contributed by atoms with E-state index in [9.17, 15) is 14.0 Å². The predicted octanol–water partition coefficient (Wildman–Crippen LogP) is 4.83. The Morgan fingerprint density at radius 2 is 1.79 bits per heavy atom. The molecule has 1 heterocycles. The minimum atomic E-state index is -0.319. The lowest BCUT2D eigenvalue weighted by molar-refractivity contribution is -0.117. The molecule has 2 N–H and O–H groups in total. The smallest absolute Gasteiger partial charge is 0.238 e. The van der Waals surface area contributed by atoms with Crippen molar-refractivity contribution in [1.29, 1.82) is 0 Å². The molecule has 0 radical (unpaired) electrons. The highest BCUT2D eigenvalue weighted by Gasteiger charge is 2.21. The summed E-state index contributed by atoms with van der Waals surface area (Å²) in [6, 6.07) is 21.5. The van der Waals surface area contributed by atoms with Crippen LogP contribution < -0.4 is 15.5 Å². The molecule has 0 bridgehead atoms. The number of carbonyl (C=O) groups is 2. The molecule has 0 saturated carbocycles. The Morgan fingerprint density at radius 1 is 1.03 bits per heavy atom. The highest BCUT2D eigenvalue weighted by Crippen LogP contribution is 2.24. The van der Waals surface area contributed by atoms with Crippen molar-refractivity contribution in [3.8, 4) is 0 Å². The summed E-state index contributed by atoms with van der Waals surface area (Å²) in [6.07, 6.45) is 2.39. The van der Waals surface area contributed by atoms with Crippen LogP contribution >= 0.6 is 0 Å². The number of hydrogen-bond acceptors (Lipinski definition) is 3. The Balaban J connectivity index is 1.42. The average Bonchev–Trinajstić information content (AvgIpc) is 3.26. The SMILES string of the molecule is CCc1ccc([C@@H](NCC(=O)Nc2ccc(N3CCCC3=O)cc2)c2cccc(F)c2)cc1. The third-order valence-electron chi connectivity index (χ3n) is 5.91. The minimum Gasteiger partial charge on any atom is -0.325 e. The van der Waals surface area contributed by atoms with Gasteiger partial charge in [0.15, 0.2) is 0 Å². The molecule has 3 aromatic rings. The molecule has 170 valence electrons. The van der Waals surface area contributed by atoms with Crippen molar-refractivity contribution in [2.45, 2.75) is 32.2 Å². The summed E-state index contributed by atoms with van der Waals surface area (Å²) >= 11 is 0. The largest absolute Gasteiger partial charge is 0.325 e. The molecule has 1 fully saturated rings. The van der Waals surface area contributed by atoms with E-state index in [-0.39, 0.29) is 30.2 Å². The Hall–Kier alpha value is -3.51. The molecular formula is C27H28FN3O2. The number of nitrogens with one attached hydrogen (secondary N) is 2. The first-order valence-corrected chi connectivity index (χ1v) is 11.3. The van der Waals surface area contributed by atoms with Crippen LogP contribution in [0.4, 0.5) is 15.8 Å². The van der Waals surface area contributed by atoms with Crippen molar-refractivity contribution in [2.75, 3.05) is 23.3 Å². The van der Waals surface area contributed by atoms with Gasteiger partial charge in [0, 0.05) is 24.3 Å². The predicted molar refractivity (Wildman–Crippen MR) is 129 cm³/mol. The second kappa shape index (κ2) is 10.4. The van der Waals surface area contributed by atoms with Crippen LogP contribution in [-0.2, 0) is 16.0 Å². The van der Waals surface area contributed by atoms with E-state index in [0.29, 0.717) is 12.1 Å². The Bertz CT molecular complexity index is 1110. The van der Waals surface area contributed by atoms with Gasteiger partial charge in [-0.1, -0.05) is 43.3 Å². The van der Waals surface area contributed by atoms with Gasteiger partial charge in [-0.25, -0.2) is 4.39 Å². The summed E-state index contributed by atoms with van der Waals surface area (Å²) in [5, 5.41) is 6.15. The van der Waals surface area contributed by atoms with Gasteiger partial charge in [0.05, 0.1) is 12.6 Å². The normalized spacial score (nSPS) is 14.4. The zero-order valence-corrected chi connectivity index (χ0v) is 18.7. The average molecular weight is 446 g/mol. The van der Waals surface area contributed by atoms with Gasteiger partial charge in [0.1, 0.15) is 5.82 Å². The minimum absolute atomic E-state index is 0.0586. The number of halogens is 1. The summed E-state index contributed by atoms with van der Waals surface area (Å²) in [6.45, 7) is 2.88. The fraction of sp³-hybridized carbons (Fsp3) is 0.259. The molecule has 1 aliphatic rings. The number of anilines is 2. The van der Waals surface area contributed by atoms with Crippen LogP contribution in [0.15, 0.2) is 72.8 Å². The number of benzene rings is 3. The molecule has 0 aromatic heterocycles. The van der Waals surface area contributed by atoms with Gasteiger partial charge in [-0.15, -0.1) is 0 Å². The molecule has 4 rings (SSSR count). The molecule has 33 heavy (non-hydrogen) atoms. The molecule has 0 spiro atoms. The molecule has 5 nitrogen and oxygen atoms in total. The van der Waals surface area contributed by atoms with Gasteiger partial charge in [-0.05, 0) is 65.9 Å². The molecule has 3 aromatic carbocycles. The Morgan fingerprint density at radius 3 is 2.42 bits per heavy atom. The molecule has 1 saturated heterocycles. The first-order chi connectivity index (χ1) is 16.0. The summed E-state index contributed by atoms with van der Waals surface area (Å²) in [7, 11) is 0. The van der Waals surface area contributed by atoms with E-state index in [1.807, 2.05) is 30.3 Å². The van der Waals surface area contributed by atoms with E-state index < -0.39 is 0 Å². The highest BCUT2D eigenvalue weighted by molar-refractivity contribution is 5.96. The van der Waals surface area contributed by atoms with Crippen molar-refractivity contribution >= 4 is 23.2 Å². The highest BCUT2D eigenvalue weighted by atomic mass is 19.1. The fourth-order valence-corrected chi connectivity index (χ4v) is 4.11. The second-order valence-electron chi connectivity index (χ2n) is 8.21.